The number of amides is 1. The Hall–Kier alpha value is -1.36. The van der Waals surface area contributed by atoms with Gasteiger partial charge in [0.15, 0.2) is 0 Å². The van der Waals surface area contributed by atoms with E-state index in [-0.39, 0.29) is 5.91 Å². The van der Waals surface area contributed by atoms with Gasteiger partial charge in [-0.1, -0.05) is 0 Å². The summed E-state index contributed by atoms with van der Waals surface area (Å²) in [6.07, 6.45) is 8.00. The van der Waals surface area contributed by atoms with Gasteiger partial charge in [0, 0.05) is 24.8 Å². The van der Waals surface area contributed by atoms with Gasteiger partial charge in [-0.15, -0.1) is 0 Å². The molecule has 5 nitrogen and oxygen atoms in total. The highest BCUT2D eigenvalue weighted by Gasteiger charge is 2.35. The number of rotatable bonds is 4. The first kappa shape index (κ1) is 10.8. The van der Waals surface area contributed by atoms with Crippen LogP contribution >= 0.6 is 0 Å². The lowest BCUT2D eigenvalue weighted by molar-refractivity contribution is 0.0728. The third-order valence-corrected chi connectivity index (χ3v) is 3.57. The number of nitrogens with zero attached hydrogens (tertiary/aromatic N) is 2. The minimum absolute atomic E-state index is 0.120. The van der Waals surface area contributed by atoms with Crippen LogP contribution in [0, 0.1) is 0 Å². The summed E-state index contributed by atoms with van der Waals surface area (Å²) in [7, 11) is 0. The summed E-state index contributed by atoms with van der Waals surface area (Å²) in [5, 5.41) is 10.0. The van der Waals surface area contributed by atoms with Crippen molar-refractivity contribution in [3.63, 3.8) is 0 Å². The number of hydrogen-bond acceptors (Lipinski definition) is 3. The number of aromatic nitrogens is 2. The summed E-state index contributed by atoms with van der Waals surface area (Å²) in [5.41, 5.74) is 0.676. The average Bonchev–Trinajstić information content (AvgIpc) is 2.86. The van der Waals surface area contributed by atoms with E-state index >= 15 is 0 Å². The highest BCUT2D eigenvalue weighted by atomic mass is 16.2. The fourth-order valence-electron chi connectivity index (χ4n) is 2.47. The van der Waals surface area contributed by atoms with E-state index in [4.69, 9.17) is 0 Å². The molecule has 17 heavy (non-hydrogen) atoms. The molecule has 1 atom stereocenters. The zero-order valence-electron chi connectivity index (χ0n) is 9.85. The maximum Gasteiger partial charge on any atom is 0.257 e. The molecule has 92 valence electrons. The second-order valence-corrected chi connectivity index (χ2v) is 4.97. The van der Waals surface area contributed by atoms with Gasteiger partial charge < -0.3 is 10.2 Å². The molecule has 1 unspecified atom stereocenters. The molecule has 1 amide bonds. The lowest BCUT2D eigenvalue weighted by Gasteiger charge is -2.25. The fourth-order valence-corrected chi connectivity index (χ4v) is 2.47. The van der Waals surface area contributed by atoms with E-state index in [1.807, 2.05) is 4.90 Å². The van der Waals surface area contributed by atoms with E-state index in [2.05, 4.69) is 15.5 Å². The predicted molar refractivity (Wildman–Crippen MR) is 63.7 cm³/mol. The van der Waals surface area contributed by atoms with Gasteiger partial charge in [-0.2, -0.15) is 5.10 Å². The highest BCUT2D eigenvalue weighted by Crippen LogP contribution is 2.29. The number of H-pyrrole nitrogens is 1. The normalized spacial score (nSPS) is 23.9. The molecule has 0 aromatic carbocycles. The van der Waals surface area contributed by atoms with Gasteiger partial charge >= 0.3 is 0 Å². The molecule has 1 aromatic heterocycles. The van der Waals surface area contributed by atoms with Crippen LogP contribution in [-0.4, -0.2) is 46.2 Å². The summed E-state index contributed by atoms with van der Waals surface area (Å²) in [4.78, 5) is 14.3. The molecule has 0 bridgehead atoms. The molecule has 1 aliphatic carbocycles. The maximum absolute atomic E-state index is 12.3. The van der Waals surface area contributed by atoms with Crippen LogP contribution in [0.5, 0.6) is 0 Å². The van der Waals surface area contributed by atoms with Gasteiger partial charge in [-0.05, 0) is 32.2 Å². The van der Waals surface area contributed by atoms with Crippen molar-refractivity contribution in [1.29, 1.82) is 0 Å². The van der Waals surface area contributed by atoms with Crippen LogP contribution in [0.3, 0.4) is 0 Å². The van der Waals surface area contributed by atoms with Crippen molar-refractivity contribution >= 4 is 5.91 Å². The van der Waals surface area contributed by atoms with E-state index in [9.17, 15) is 4.79 Å². The van der Waals surface area contributed by atoms with Crippen LogP contribution in [0.25, 0.3) is 0 Å². The second kappa shape index (κ2) is 4.49. The molecule has 2 N–H and O–H groups in total. The number of aromatic amines is 1. The zero-order valence-corrected chi connectivity index (χ0v) is 9.85. The van der Waals surface area contributed by atoms with Crippen molar-refractivity contribution in [2.24, 2.45) is 0 Å². The molecule has 5 heteroatoms. The lowest BCUT2D eigenvalue weighted by Crippen LogP contribution is -2.42. The first-order chi connectivity index (χ1) is 8.34. The Labute approximate surface area is 101 Å². The van der Waals surface area contributed by atoms with Crippen molar-refractivity contribution in [2.75, 3.05) is 13.1 Å². The van der Waals surface area contributed by atoms with E-state index in [1.165, 1.54) is 12.8 Å². The van der Waals surface area contributed by atoms with Crippen LogP contribution in [0.4, 0.5) is 0 Å². The number of hydrogen-bond donors (Lipinski definition) is 2. The monoisotopic (exact) mass is 234 g/mol. The van der Waals surface area contributed by atoms with Crippen molar-refractivity contribution in [2.45, 2.75) is 37.8 Å². The molecule has 0 radical (unpaired) electrons. The van der Waals surface area contributed by atoms with Gasteiger partial charge in [0.1, 0.15) is 0 Å². The number of nitrogens with one attached hydrogen (secondary N) is 2. The molecule has 1 aromatic rings. The maximum atomic E-state index is 12.3. The molecule has 0 spiro atoms. The molecular weight excluding hydrogens is 216 g/mol. The average molecular weight is 234 g/mol. The summed E-state index contributed by atoms with van der Waals surface area (Å²) >= 11 is 0. The summed E-state index contributed by atoms with van der Waals surface area (Å²) < 4.78 is 0. The van der Waals surface area contributed by atoms with E-state index < -0.39 is 0 Å². The highest BCUT2D eigenvalue weighted by molar-refractivity contribution is 5.94. The van der Waals surface area contributed by atoms with Crippen LogP contribution < -0.4 is 5.32 Å². The minimum Gasteiger partial charge on any atom is -0.334 e. The third-order valence-electron chi connectivity index (χ3n) is 3.57. The number of carbonyl (C=O) groups excluding carboxylic acids is 1. The molecule has 3 rings (SSSR count). The Kier molecular flexibility index (Phi) is 2.84. The zero-order chi connectivity index (χ0) is 11.7. The lowest BCUT2D eigenvalue weighted by atomic mass is 10.2. The Bertz CT molecular complexity index is 379. The first-order valence-corrected chi connectivity index (χ1v) is 6.38. The SMILES string of the molecule is O=C(c1cn[nH]c1)N(CC1CCCN1)C1CC1. The van der Waals surface area contributed by atoms with Gasteiger partial charge in [0.25, 0.3) is 5.91 Å². The van der Waals surface area contributed by atoms with Gasteiger partial charge in [0.05, 0.1) is 11.8 Å². The quantitative estimate of drug-likeness (QED) is 0.808. The van der Waals surface area contributed by atoms with Crippen molar-refractivity contribution in [3.05, 3.63) is 18.0 Å². The first-order valence-electron chi connectivity index (χ1n) is 6.38. The Morgan fingerprint density at radius 1 is 1.47 bits per heavy atom. The van der Waals surface area contributed by atoms with Crippen LogP contribution in [0.1, 0.15) is 36.0 Å². The van der Waals surface area contributed by atoms with Crippen molar-refractivity contribution < 1.29 is 4.79 Å². The Morgan fingerprint density at radius 3 is 2.94 bits per heavy atom. The largest absolute Gasteiger partial charge is 0.334 e. The summed E-state index contributed by atoms with van der Waals surface area (Å²) in [5.74, 6) is 0.120. The Morgan fingerprint density at radius 2 is 2.35 bits per heavy atom. The number of carbonyl (C=O) groups is 1. The van der Waals surface area contributed by atoms with Gasteiger partial charge in [0.2, 0.25) is 0 Å². The van der Waals surface area contributed by atoms with Crippen LogP contribution in [0.15, 0.2) is 12.4 Å². The van der Waals surface area contributed by atoms with Gasteiger partial charge in [-0.25, -0.2) is 0 Å². The predicted octanol–water partition coefficient (Wildman–Crippen LogP) is 0.766. The molecule has 2 heterocycles. The van der Waals surface area contributed by atoms with E-state index in [0.29, 0.717) is 17.6 Å². The van der Waals surface area contributed by atoms with E-state index in [0.717, 1.165) is 25.9 Å². The molecule has 1 aliphatic heterocycles. The van der Waals surface area contributed by atoms with Crippen LogP contribution in [-0.2, 0) is 0 Å². The topological polar surface area (TPSA) is 61.0 Å². The molecule has 2 aliphatic rings. The third kappa shape index (κ3) is 2.34. The molecular formula is C12H18N4O. The molecule has 1 saturated heterocycles. The van der Waals surface area contributed by atoms with Crippen molar-refractivity contribution in [3.8, 4) is 0 Å². The second-order valence-electron chi connectivity index (χ2n) is 4.97. The standard InChI is InChI=1S/C12H18N4O/c17-12(9-6-14-15-7-9)16(11-3-4-11)8-10-2-1-5-13-10/h6-7,10-11,13H,1-5,8H2,(H,14,15). The van der Waals surface area contributed by atoms with Gasteiger partial charge in [-0.3, -0.25) is 9.89 Å². The molecule has 2 fully saturated rings. The van der Waals surface area contributed by atoms with E-state index in [1.54, 1.807) is 12.4 Å². The smallest absolute Gasteiger partial charge is 0.257 e. The minimum atomic E-state index is 0.120. The summed E-state index contributed by atoms with van der Waals surface area (Å²) in [6, 6.07) is 0.936. The molecule has 1 saturated carbocycles. The van der Waals surface area contributed by atoms with Crippen LogP contribution in [0.2, 0.25) is 0 Å². The summed E-state index contributed by atoms with van der Waals surface area (Å²) in [6.45, 7) is 1.93. The van der Waals surface area contributed by atoms with Crippen molar-refractivity contribution in [1.82, 2.24) is 20.4 Å². The Balaban J connectivity index is 1.69. The fraction of sp³-hybridized carbons (Fsp3) is 0.667.